The van der Waals surface area contributed by atoms with Gasteiger partial charge in [-0.15, -0.1) is 0 Å². The molecule has 1 saturated carbocycles. The predicted octanol–water partition coefficient (Wildman–Crippen LogP) is 4.49. The monoisotopic (exact) mass is 781 g/mol. The minimum absolute atomic E-state index is 0.0751. The van der Waals surface area contributed by atoms with E-state index in [1.54, 1.807) is 7.11 Å². The Kier molecular flexibility index (Phi) is 9.06. The number of rotatable bonds is 8. The van der Waals surface area contributed by atoms with Crippen LogP contribution in [0.2, 0.25) is 0 Å². The van der Waals surface area contributed by atoms with Crippen LogP contribution in [-0.4, -0.2) is 126 Å². The number of aliphatic hydroxyl groups is 3. The molecule has 9 rings (SSSR count). The van der Waals surface area contributed by atoms with Crippen molar-refractivity contribution in [1.29, 1.82) is 0 Å². The first-order valence-corrected chi connectivity index (χ1v) is 20.5. The molecule has 5 unspecified atom stereocenters. The lowest BCUT2D eigenvalue weighted by molar-refractivity contribution is -0.319. The van der Waals surface area contributed by atoms with E-state index >= 15 is 4.79 Å². The summed E-state index contributed by atoms with van der Waals surface area (Å²) in [5.41, 5.74) is 10.3. The van der Waals surface area contributed by atoms with Gasteiger partial charge >= 0.3 is 5.97 Å². The quantitative estimate of drug-likeness (QED) is 0.0636. The summed E-state index contributed by atoms with van der Waals surface area (Å²) >= 11 is 0. The summed E-state index contributed by atoms with van der Waals surface area (Å²) in [5, 5.41) is 42.0. The molecule has 5 aliphatic heterocycles. The third kappa shape index (κ3) is 5.04. The number of methoxy groups -OCH3 is 2. The number of benzene rings is 2. The van der Waals surface area contributed by atoms with Gasteiger partial charge in [-0.3, -0.25) is 14.6 Å². The molecule has 0 radical (unpaired) electrons. The smallest absolute Gasteiger partial charge is 0.322 e. The largest absolute Gasteiger partial charge is 0.496 e. The highest BCUT2D eigenvalue weighted by molar-refractivity contribution is 5.94. The Morgan fingerprint density at radius 1 is 1.09 bits per heavy atom. The molecular formula is C43H55N7O7. The molecule has 3 fully saturated rings. The average molecular weight is 782 g/mol. The Hall–Kier alpha value is -4.14. The average Bonchev–Trinajstić information content (AvgIpc) is 3.88. The van der Waals surface area contributed by atoms with E-state index in [1.165, 1.54) is 7.11 Å². The molecule has 304 valence electrons. The van der Waals surface area contributed by atoms with Crippen molar-refractivity contribution in [3.63, 3.8) is 0 Å². The molecule has 14 nitrogen and oxygen atoms in total. The number of H-pyrrole nitrogens is 1. The number of hydrogen-bond donors (Lipinski definition) is 4. The summed E-state index contributed by atoms with van der Waals surface area (Å²) in [6, 6.07) is 11.2. The summed E-state index contributed by atoms with van der Waals surface area (Å²) in [5.74, 6) is -2.16. The normalized spacial score (nSPS) is 37.9. The number of azide groups is 1. The number of nitrogens with zero attached hydrogens (tertiary/aromatic N) is 6. The van der Waals surface area contributed by atoms with Crippen LogP contribution in [0.1, 0.15) is 68.3 Å². The van der Waals surface area contributed by atoms with Gasteiger partial charge in [0.25, 0.3) is 0 Å². The first-order chi connectivity index (χ1) is 27.4. The topological polar surface area (TPSA) is 180 Å². The maximum Gasteiger partial charge on any atom is 0.322 e. The zero-order valence-corrected chi connectivity index (χ0v) is 33.6. The van der Waals surface area contributed by atoms with E-state index in [2.05, 4.69) is 49.1 Å². The standard InChI is InChI=1S/C43H55N7O7/c1-6-39(53)21-26-22-42(38(52)56-5,34-28(13-17-49(23-26)24-39)27-11-8-9-12-31(27)46-34)30-19-29-32(20-33(30)55-4)48(3)36-41(29)15-18-50-16-10-14-40(7-2,35(41)50)37(51)43(36,54)57-25-45-47-44/h8-12,14,19-20,26,35-37,46,51,53-54H,6-7,13,15-18,21-25H2,1-5H3/t26?,35?,36?,37-,39+,40-,41?,42-,43-/m1/s1. The van der Waals surface area contributed by atoms with Crippen LogP contribution in [0.25, 0.3) is 21.3 Å². The van der Waals surface area contributed by atoms with Crippen molar-refractivity contribution in [3.8, 4) is 5.75 Å². The van der Waals surface area contributed by atoms with Gasteiger partial charge in [-0.25, -0.2) is 0 Å². The number of esters is 1. The Morgan fingerprint density at radius 2 is 1.89 bits per heavy atom. The number of nitrogens with one attached hydrogen (secondary N) is 1. The van der Waals surface area contributed by atoms with E-state index in [1.807, 2.05) is 50.1 Å². The number of anilines is 1. The zero-order chi connectivity index (χ0) is 40.1. The van der Waals surface area contributed by atoms with Crippen molar-refractivity contribution in [3.05, 3.63) is 81.4 Å². The fraction of sp³-hybridized carbons (Fsp3) is 0.605. The predicted molar refractivity (Wildman–Crippen MR) is 214 cm³/mol. The minimum Gasteiger partial charge on any atom is -0.496 e. The number of para-hydroxylation sites is 1. The number of piperidine rings is 1. The van der Waals surface area contributed by atoms with Crippen LogP contribution < -0.4 is 9.64 Å². The number of aromatic nitrogens is 1. The SMILES string of the molecule is CC[C@]1(O)CC2CN(CCc3c([nH]c4ccccc34)[C@](C(=O)OC)(c3cc4c(cc3OC)N(C)C3C45CCN4CC=C[C@](CC)(C45)[C@@H](O)[C@]3(O)OCN=[N+]=[N-])C2)C1. The summed E-state index contributed by atoms with van der Waals surface area (Å²) in [6.07, 6.45) is 6.06. The Morgan fingerprint density at radius 3 is 2.63 bits per heavy atom. The van der Waals surface area contributed by atoms with E-state index in [0.29, 0.717) is 69.5 Å². The van der Waals surface area contributed by atoms with Gasteiger partial charge < -0.3 is 39.4 Å². The van der Waals surface area contributed by atoms with Crippen LogP contribution >= 0.6 is 0 Å². The molecule has 3 aromatic rings. The zero-order valence-electron chi connectivity index (χ0n) is 33.6. The number of carbonyl (C=O) groups excluding carboxylic acids is 1. The molecule has 4 N–H and O–H groups in total. The second kappa shape index (κ2) is 13.5. The molecule has 1 spiro atoms. The number of fused-ring (bicyclic) bond motifs is 6. The van der Waals surface area contributed by atoms with Crippen molar-refractivity contribution in [2.75, 3.05) is 65.6 Å². The lowest BCUT2D eigenvalue weighted by Gasteiger charge is -2.63. The summed E-state index contributed by atoms with van der Waals surface area (Å²) in [7, 11) is 4.96. The lowest BCUT2D eigenvalue weighted by Crippen LogP contribution is -2.79. The van der Waals surface area contributed by atoms with Crippen LogP contribution in [-0.2, 0) is 31.5 Å². The van der Waals surface area contributed by atoms with Crippen molar-refractivity contribution in [1.82, 2.24) is 14.8 Å². The number of ether oxygens (including phenoxy) is 3. The molecule has 1 aromatic heterocycles. The van der Waals surface area contributed by atoms with Crippen LogP contribution in [0, 0.1) is 11.3 Å². The van der Waals surface area contributed by atoms with Gasteiger partial charge in [-0.2, -0.15) is 0 Å². The molecule has 57 heavy (non-hydrogen) atoms. The molecule has 1 aliphatic carbocycles. The maximum absolute atomic E-state index is 15.3. The highest BCUT2D eigenvalue weighted by Gasteiger charge is 2.77. The molecule has 2 saturated heterocycles. The lowest BCUT2D eigenvalue weighted by atomic mass is 9.50. The van der Waals surface area contributed by atoms with Crippen molar-refractivity contribution in [2.24, 2.45) is 16.4 Å². The van der Waals surface area contributed by atoms with Crippen LogP contribution in [0.15, 0.2) is 53.7 Å². The minimum atomic E-state index is -2.15. The van der Waals surface area contributed by atoms with E-state index < -0.39 is 52.5 Å². The molecule has 6 heterocycles. The highest BCUT2D eigenvalue weighted by atomic mass is 16.6. The molecule has 0 amide bonds. The van der Waals surface area contributed by atoms with Gasteiger partial charge in [-0.05, 0) is 79.8 Å². The van der Waals surface area contributed by atoms with Crippen molar-refractivity contribution >= 4 is 22.6 Å². The fourth-order valence-corrected chi connectivity index (χ4v) is 13.0. The van der Waals surface area contributed by atoms with E-state index in [4.69, 9.17) is 14.2 Å². The summed E-state index contributed by atoms with van der Waals surface area (Å²) in [6.45, 7) is 7.01. The number of aromatic amines is 1. The molecule has 2 bridgehead atoms. The van der Waals surface area contributed by atoms with E-state index in [9.17, 15) is 20.9 Å². The van der Waals surface area contributed by atoms with Crippen LogP contribution in [0.3, 0.4) is 0 Å². The second-order valence-corrected chi connectivity index (χ2v) is 17.6. The van der Waals surface area contributed by atoms with Gasteiger partial charge in [0.15, 0.2) is 0 Å². The fourth-order valence-electron chi connectivity index (χ4n) is 13.0. The van der Waals surface area contributed by atoms with Gasteiger partial charge in [0.2, 0.25) is 5.79 Å². The van der Waals surface area contributed by atoms with Gasteiger partial charge in [0.05, 0.1) is 25.9 Å². The highest BCUT2D eigenvalue weighted by Crippen LogP contribution is 2.67. The summed E-state index contributed by atoms with van der Waals surface area (Å²) < 4.78 is 18.5. The third-order valence-corrected chi connectivity index (χ3v) is 15.2. The van der Waals surface area contributed by atoms with Crippen LogP contribution in [0.5, 0.6) is 5.75 Å². The number of hydrogen-bond acceptors (Lipinski definition) is 11. The van der Waals surface area contributed by atoms with Gasteiger partial charge in [-0.1, -0.05) is 49.3 Å². The third-order valence-electron chi connectivity index (χ3n) is 15.2. The Labute approximate surface area is 333 Å². The second-order valence-electron chi connectivity index (χ2n) is 17.6. The first kappa shape index (κ1) is 38.4. The molecular weight excluding hydrogens is 727 g/mol. The van der Waals surface area contributed by atoms with Crippen LogP contribution in [0.4, 0.5) is 5.69 Å². The molecule has 14 heteroatoms. The molecule has 6 aliphatic rings. The number of aliphatic hydroxyl groups excluding tert-OH is 1. The maximum atomic E-state index is 15.3. The van der Waals surface area contributed by atoms with Gasteiger partial charge in [0, 0.05) is 88.9 Å². The van der Waals surface area contributed by atoms with Crippen molar-refractivity contribution in [2.45, 2.75) is 92.8 Å². The number of carbonyl (C=O) groups is 1. The van der Waals surface area contributed by atoms with E-state index in [0.717, 1.165) is 46.5 Å². The van der Waals surface area contributed by atoms with Crippen molar-refractivity contribution < 1.29 is 34.3 Å². The summed E-state index contributed by atoms with van der Waals surface area (Å²) in [4.78, 5) is 28.7. The van der Waals surface area contributed by atoms with Gasteiger partial charge in [0.1, 0.15) is 24.0 Å². The number of likely N-dealkylation sites (N-methyl/N-ethyl adjacent to an activating group) is 1. The van der Waals surface area contributed by atoms with E-state index in [-0.39, 0.29) is 12.0 Å². The molecule has 10 atom stereocenters. The molecule has 2 aromatic carbocycles. The Balaban J connectivity index is 1.34. The first-order valence-electron chi connectivity index (χ1n) is 20.5. The Bertz CT molecular complexity index is 2190.